The van der Waals surface area contributed by atoms with Crippen LogP contribution in [0.1, 0.15) is 43.0 Å². The Morgan fingerprint density at radius 3 is 2.78 bits per heavy atom. The summed E-state index contributed by atoms with van der Waals surface area (Å²) < 4.78 is 0. The van der Waals surface area contributed by atoms with Crippen molar-refractivity contribution >= 4 is 57.3 Å². The topological polar surface area (TPSA) is 78.7 Å². The number of halogens is 2. The second kappa shape index (κ2) is 10.2. The van der Waals surface area contributed by atoms with Crippen LogP contribution in [-0.4, -0.2) is 21.1 Å². The van der Waals surface area contributed by atoms with Crippen LogP contribution in [-0.2, 0) is 17.6 Å². The van der Waals surface area contributed by atoms with Gasteiger partial charge in [-0.05, 0) is 56.4 Å². The molecule has 0 fully saturated rings. The van der Waals surface area contributed by atoms with Gasteiger partial charge in [0.15, 0.2) is 5.13 Å². The molecular weight excluding hydrogens is 483 g/mol. The molecule has 1 aliphatic rings. The number of pyridine rings is 1. The van der Waals surface area contributed by atoms with Gasteiger partial charge in [0.25, 0.3) is 0 Å². The summed E-state index contributed by atoms with van der Waals surface area (Å²) in [5.74, 6) is -0.189. The number of rotatable bonds is 5. The lowest BCUT2D eigenvalue weighted by molar-refractivity contribution is -0.115. The number of nitriles is 1. The number of aromatic nitrogens is 2. The molecule has 4 rings (SSSR count). The monoisotopic (exact) mass is 502 g/mol. The molecule has 5 nitrogen and oxygen atoms in total. The van der Waals surface area contributed by atoms with Gasteiger partial charge in [-0.25, -0.2) is 9.97 Å². The number of benzene rings is 1. The first-order valence-corrected chi connectivity index (χ1v) is 12.8. The minimum atomic E-state index is -0.434. The van der Waals surface area contributed by atoms with Crippen molar-refractivity contribution in [3.05, 3.63) is 56.5 Å². The van der Waals surface area contributed by atoms with Crippen LogP contribution in [0.3, 0.4) is 0 Å². The van der Waals surface area contributed by atoms with E-state index in [4.69, 9.17) is 28.2 Å². The smallest absolute Gasteiger partial charge is 0.239 e. The second-order valence-electron chi connectivity index (χ2n) is 7.54. The lowest BCUT2D eigenvalue weighted by Gasteiger charge is -2.13. The molecule has 1 aromatic carbocycles. The third kappa shape index (κ3) is 5.26. The average molecular weight is 503 g/mol. The van der Waals surface area contributed by atoms with E-state index < -0.39 is 5.25 Å². The van der Waals surface area contributed by atoms with Gasteiger partial charge in [-0.1, -0.05) is 47.5 Å². The third-order valence-corrected chi connectivity index (χ3v) is 7.84. The van der Waals surface area contributed by atoms with Crippen LogP contribution in [0.15, 0.2) is 34.7 Å². The van der Waals surface area contributed by atoms with Crippen molar-refractivity contribution in [3.8, 4) is 17.3 Å². The average Bonchev–Trinajstić information content (AvgIpc) is 3.12. The van der Waals surface area contributed by atoms with E-state index in [1.54, 1.807) is 12.1 Å². The molecule has 3 aromatic rings. The van der Waals surface area contributed by atoms with E-state index in [0.29, 0.717) is 31.5 Å². The Hall–Kier alpha value is -2.11. The number of hydrogen-bond donors (Lipinski definition) is 1. The summed E-state index contributed by atoms with van der Waals surface area (Å²) in [6.07, 6.45) is 5.30. The highest BCUT2D eigenvalue weighted by Crippen LogP contribution is 2.32. The van der Waals surface area contributed by atoms with Gasteiger partial charge in [-0.3, -0.25) is 4.79 Å². The van der Waals surface area contributed by atoms with Crippen LogP contribution in [0, 0.1) is 11.3 Å². The highest BCUT2D eigenvalue weighted by atomic mass is 35.5. The Morgan fingerprint density at radius 2 is 2.00 bits per heavy atom. The van der Waals surface area contributed by atoms with E-state index in [1.165, 1.54) is 29.5 Å². The van der Waals surface area contributed by atoms with E-state index in [1.807, 2.05) is 24.4 Å². The van der Waals surface area contributed by atoms with E-state index in [9.17, 15) is 10.1 Å². The number of nitrogens with one attached hydrogen (secondary N) is 1. The van der Waals surface area contributed by atoms with E-state index in [2.05, 4.69) is 16.4 Å². The standard InChI is InChI=1S/C23H20Cl2N4OS2/c1-13(32-22-16(11-26)9-14-5-3-2-4-6-19(14)27-22)21(30)29-23-28-20(12-31-23)15-7-8-17(24)18(25)10-15/h7-10,12-13H,2-6H2,1H3,(H,28,29,30). The largest absolute Gasteiger partial charge is 0.301 e. The third-order valence-electron chi connectivity index (χ3n) is 5.24. The van der Waals surface area contributed by atoms with Crippen molar-refractivity contribution in [1.29, 1.82) is 5.26 Å². The molecule has 0 radical (unpaired) electrons. The predicted octanol–water partition coefficient (Wildman–Crippen LogP) is 6.77. The Balaban J connectivity index is 1.46. The summed E-state index contributed by atoms with van der Waals surface area (Å²) in [5, 5.41) is 15.9. The maximum Gasteiger partial charge on any atom is 0.239 e. The zero-order valence-electron chi connectivity index (χ0n) is 17.3. The van der Waals surface area contributed by atoms with Gasteiger partial charge >= 0.3 is 0 Å². The normalized spacial score (nSPS) is 14.2. The molecule has 0 aliphatic heterocycles. The fourth-order valence-electron chi connectivity index (χ4n) is 3.51. The minimum absolute atomic E-state index is 0.189. The van der Waals surface area contributed by atoms with Crippen molar-refractivity contribution in [1.82, 2.24) is 9.97 Å². The lowest BCUT2D eigenvalue weighted by Crippen LogP contribution is -2.22. The molecule has 2 aromatic heterocycles. The van der Waals surface area contributed by atoms with Crippen molar-refractivity contribution in [2.24, 2.45) is 0 Å². The summed E-state index contributed by atoms with van der Waals surface area (Å²) in [7, 11) is 0. The predicted molar refractivity (Wildman–Crippen MR) is 132 cm³/mol. The molecule has 1 aliphatic carbocycles. The molecule has 1 atom stereocenters. The quantitative estimate of drug-likeness (QED) is 0.307. The molecule has 164 valence electrons. The van der Waals surface area contributed by atoms with Crippen LogP contribution in [0.5, 0.6) is 0 Å². The number of thioether (sulfide) groups is 1. The maximum absolute atomic E-state index is 12.8. The number of anilines is 1. The number of nitrogens with zero attached hydrogens (tertiary/aromatic N) is 3. The second-order valence-corrected chi connectivity index (χ2v) is 10.5. The van der Waals surface area contributed by atoms with Crippen LogP contribution < -0.4 is 5.32 Å². The van der Waals surface area contributed by atoms with Crippen LogP contribution in [0.25, 0.3) is 11.3 Å². The zero-order chi connectivity index (χ0) is 22.7. The van der Waals surface area contributed by atoms with Crippen molar-refractivity contribution in [3.63, 3.8) is 0 Å². The van der Waals surface area contributed by atoms with Gasteiger partial charge in [0.2, 0.25) is 5.91 Å². The van der Waals surface area contributed by atoms with Gasteiger partial charge < -0.3 is 5.32 Å². The number of hydrogen-bond acceptors (Lipinski definition) is 6. The molecular formula is C23H20Cl2N4OS2. The van der Waals surface area contributed by atoms with Gasteiger partial charge in [-0.2, -0.15) is 5.26 Å². The van der Waals surface area contributed by atoms with Gasteiger partial charge in [0.05, 0.1) is 26.6 Å². The van der Waals surface area contributed by atoms with Gasteiger partial charge in [0, 0.05) is 16.6 Å². The molecule has 2 heterocycles. The summed E-state index contributed by atoms with van der Waals surface area (Å²) in [5.41, 5.74) is 4.29. The number of carbonyl (C=O) groups excluding carboxylic acids is 1. The molecule has 32 heavy (non-hydrogen) atoms. The summed E-state index contributed by atoms with van der Waals surface area (Å²) in [6.45, 7) is 1.81. The van der Waals surface area contributed by atoms with E-state index >= 15 is 0 Å². The summed E-state index contributed by atoms with van der Waals surface area (Å²) in [4.78, 5) is 22.0. The van der Waals surface area contributed by atoms with Crippen LogP contribution in [0.4, 0.5) is 5.13 Å². The zero-order valence-corrected chi connectivity index (χ0v) is 20.5. The van der Waals surface area contributed by atoms with Crippen molar-refractivity contribution in [2.45, 2.75) is 49.3 Å². The minimum Gasteiger partial charge on any atom is -0.301 e. The van der Waals surface area contributed by atoms with E-state index in [-0.39, 0.29) is 5.91 Å². The molecule has 0 saturated carbocycles. The molecule has 9 heteroatoms. The number of carbonyl (C=O) groups is 1. The SMILES string of the molecule is CC(Sc1nc2c(cc1C#N)CCCCC2)C(=O)Nc1nc(-c2ccc(Cl)c(Cl)c2)cs1. The first kappa shape index (κ1) is 23.1. The molecule has 1 N–H and O–H groups in total. The Labute approximate surface area is 205 Å². The highest BCUT2D eigenvalue weighted by Gasteiger charge is 2.21. The lowest BCUT2D eigenvalue weighted by atomic mass is 10.1. The van der Waals surface area contributed by atoms with Crippen LogP contribution >= 0.6 is 46.3 Å². The van der Waals surface area contributed by atoms with Crippen molar-refractivity contribution < 1.29 is 4.79 Å². The summed E-state index contributed by atoms with van der Waals surface area (Å²) >= 11 is 14.7. The first-order chi connectivity index (χ1) is 15.4. The Morgan fingerprint density at radius 1 is 1.19 bits per heavy atom. The molecule has 1 amide bonds. The number of aryl methyl sites for hydroxylation is 2. The molecule has 1 unspecified atom stereocenters. The summed E-state index contributed by atoms with van der Waals surface area (Å²) in [6, 6.07) is 9.49. The number of fused-ring (bicyclic) bond motifs is 1. The first-order valence-electron chi connectivity index (χ1n) is 10.3. The van der Waals surface area contributed by atoms with Crippen LogP contribution in [0.2, 0.25) is 10.0 Å². The fraction of sp³-hybridized carbons (Fsp3) is 0.304. The fourth-order valence-corrected chi connectivity index (χ4v) is 5.42. The molecule has 0 bridgehead atoms. The maximum atomic E-state index is 12.8. The van der Waals surface area contributed by atoms with Gasteiger partial charge in [-0.15, -0.1) is 11.3 Å². The Kier molecular flexibility index (Phi) is 7.37. The molecule has 0 spiro atoms. The Bertz CT molecular complexity index is 1210. The van der Waals surface area contributed by atoms with Gasteiger partial charge in [0.1, 0.15) is 11.1 Å². The highest BCUT2D eigenvalue weighted by molar-refractivity contribution is 8.00. The van der Waals surface area contributed by atoms with Crippen molar-refractivity contribution in [2.75, 3.05) is 5.32 Å². The molecule has 0 saturated heterocycles. The number of thiazole rings is 1. The van der Waals surface area contributed by atoms with E-state index in [0.717, 1.165) is 42.5 Å². The number of amides is 1.